The minimum atomic E-state index is -0.833. The van der Waals surface area contributed by atoms with Crippen molar-refractivity contribution < 1.29 is 19.9 Å². The van der Waals surface area contributed by atoms with Gasteiger partial charge < -0.3 is 10.3 Å². The lowest BCUT2D eigenvalue weighted by Crippen LogP contribution is -2.20. The van der Waals surface area contributed by atoms with Crippen LogP contribution < -0.4 is 0 Å². The van der Waals surface area contributed by atoms with Crippen molar-refractivity contribution in [1.82, 2.24) is 0 Å². The Kier molecular flexibility index (Phi) is 8.20. The number of carbonyl (C=O) groups is 2. The fraction of sp³-hybridized carbons (Fsp3) is 0.381. The molecule has 1 aliphatic rings. The Morgan fingerprint density at radius 3 is 2.26 bits per heavy atom. The van der Waals surface area contributed by atoms with Crippen LogP contribution in [0.1, 0.15) is 55.8 Å². The minimum absolute atomic E-state index is 0.157. The van der Waals surface area contributed by atoms with E-state index in [9.17, 15) is 10.0 Å². The molecular weight excluding hydrogens is 362 g/mol. The number of ketones is 1. The van der Waals surface area contributed by atoms with E-state index in [4.69, 9.17) is 9.90 Å². The first-order valence-corrected chi connectivity index (χ1v) is 9.98. The number of carboxylic acid groups (broad SMARTS) is 1. The molecule has 1 aromatic heterocycles. The highest BCUT2D eigenvalue weighted by molar-refractivity contribution is 7.13. The summed E-state index contributed by atoms with van der Waals surface area (Å²) < 4.78 is 0. The van der Waals surface area contributed by atoms with Crippen molar-refractivity contribution in [2.24, 2.45) is 11.1 Å². The fourth-order valence-corrected chi connectivity index (χ4v) is 3.97. The molecule has 0 saturated heterocycles. The van der Waals surface area contributed by atoms with Gasteiger partial charge in [0.1, 0.15) is 5.71 Å². The van der Waals surface area contributed by atoms with Gasteiger partial charge in [-0.15, -0.1) is 11.3 Å². The third-order valence-corrected chi connectivity index (χ3v) is 5.46. The van der Waals surface area contributed by atoms with Crippen LogP contribution in [0.15, 0.2) is 46.9 Å². The van der Waals surface area contributed by atoms with E-state index in [0.29, 0.717) is 23.6 Å². The van der Waals surface area contributed by atoms with E-state index in [1.54, 1.807) is 11.3 Å². The second kappa shape index (κ2) is 10.6. The summed E-state index contributed by atoms with van der Waals surface area (Å²) in [7, 11) is 0. The highest BCUT2D eigenvalue weighted by Gasteiger charge is 2.21. The summed E-state index contributed by atoms with van der Waals surface area (Å²) >= 11 is 1.68. The number of Topliss-reactive ketones (excluding diaryl/α,β-unsaturated/α-hetero) is 1. The molecule has 2 aromatic rings. The monoisotopic (exact) mass is 387 g/mol. The summed E-state index contributed by atoms with van der Waals surface area (Å²) in [5, 5.41) is 22.0. The zero-order valence-electron chi connectivity index (χ0n) is 15.4. The summed E-state index contributed by atoms with van der Waals surface area (Å²) in [6.45, 7) is 1.08. The van der Waals surface area contributed by atoms with Gasteiger partial charge in [-0.3, -0.25) is 9.59 Å². The van der Waals surface area contributed by atoms with Gasteiger partial charge in [-0.25, -0.2) is 0 Å². The van der Waals surface area contributed by atoms with Crippen molar-refractivity contribution in [2.45, 2.75) is 45.4 Å². The number of carbonyl (C=O) groups excluding carboxylic acids is 1. The van der Waals surface area contributed by atoms with Crippen molar-refractivity contribution in [1.29, 1.82) is 0 Å². The SMILES string of the molecule is CC(=O)O.O=C(C(CC1CCCCC1)=NO)c1ccc(-c2cccs2)cc1. The van der Waals surface area contributed by atoms with Crippen molar-refractivity contribution in [3.05, 3.63) is 47.3 Å². The quantitative estimate of drug-likeness (QED) is 0.307. The Labute approximate surface area is 163 Å². The molecule has 0 atom stereocenters. The van der Waals surface area contributed by atoms with Crippen molar-refractivity contribution in [2.75, 3.05) is 0 Å². The van der Waals surface area contributed by atoms with Gasteiger partial charge in [0, 0.05) is 17.4 Å². The van der Waals surface area contributed by atoms with Crippen molar-refractivity contribution in [3.63, 3.8) is 0 Å². The van der Waals surface area contributed by atoms with E-state index in [2.05, 4.69) is 11.2 Å². The molecule has 2 N–H and O–H groups in total. The number of rotatable bonds is 5. The molecule has 1 saturated carbocycles. The molecule has 0 bridgehead atoms. The highest BCUT2D eigenvalue weighted by atomic mass is 32.1. The summed E-state index contributed by atoms with van der Waals surface area (Å²) in [5.74, 6) is -0.514. The number of hydrogen-bond donors (Lipinski definition) is 2. The Hall–Kier alpha value is -2.47. The van der Waals surface area contributed by atoms with E-state index < -0.39 is 5.97 Å². The van der Waals surface area contributed by atoms with Crippen LogP contribution in [0.3, 0.4) is 0 Å². The lowest BCUT2D eigenvalue weighted by molar-refractivity contribution is -0.134. The van der Waals surface area contributed by atoms with Gasteiger partial charge in [0.05, 0.1) is 0 Å². The second-order valence-corrected chi connectivity index (χ2v) is 7.61. The molecule has 1 heterocycles. The molecule has 3 rings (SSSR count). The number of thiophene rings is 1. The standard InChI is InChI=1S/C19H21NO2S.C2H4O2/c21-19(17(20-22)13-14-5-2-1-3-6-14)16-10-8-15(9-11-16)18-7-4-12-23-18;1-2(3)4/h4,7-12,14,22H,1-3,5-6,13H2;1H3,(H,3,4). The lowest BCUT2D eigenvalue weighted by atomic mass is 9.84. The van der Waals surface area contributed by atoms with Gasteiger partial charge in [-0.05, 0) is 29.3 Å². The van der Waals surface area contributed by atoms with Gasteiger partial charge >= 0.3 is 0 Å². The van der Waals surface area contributed by atoms with Crippen LogP contribution in [-0.4, -0.2) is 27.8 Å². The molecule has 0 unspecified atom stereocenters. The van der Waals surface area contributed by atoms with Gasteiger partial charge in [-0.2, -0.15) is 0 Å². The van der Waals surface area contributed by atoms with Gasteiger partial charge in [-0.1, -0.05) is 67.6 Å². The van der Waals surface area contributed by atoms with E-state index >= 15 is 0 Å². The predicted molar refractivity (Wildman–Crippen MR) is 108 cm³/mol. The number of hydrogen-bond acceptors (Lipinski definition) is 5. The molecule has 0 spiro atoms. The average molecular weight is 388 g/mol. The first-order valence-electron chi connectivity index (χ1n) is 9.10. The second-order valence-electron chi connectivity index (χ2n) is 6.66. The van der Waals surface area contributed by atoms with E-state index in [1.165, 1.54) is 24.1 Å². The minimum Gasteiger partial charge on any atom is -0.481 e. The summed E-state index contributed by atoms with van der Waals surface area (Å²) in [4.78, 5) is 22.7. The number of aliphatic carboxylic acids is 1. The van der Waals surface area contributed by atoms with Crippen LogP contribution in [0.4, 0.5) is 0 Å². The molecule has 0 amide bonds. The maximum Gasteiger partial charge on any atom is 0.300 e. The van der Waals surface area contributed by atoms with Gasteiger partial charge in [0.15, 0.2) is 0 Å². The first-order chi connectivity index (χ1) is 13.0. The predicted octanol–water partition coefficient (Wildman–Crippen LogP) is 5.49. The van der Waals surface area contributed by atoms with Crippen LogP contribution in [0.25, 0.3) is 10.4 Å². The number of oxime groups is 1. The summed E-state index contributed by atoms with van der Waals surface area (Å²) in [6.07, 6.45) is 6.55. The molecule has 0 radical (unpaired) electrons. The zero-order valence-corrected chi connectivity index (χ0v) is 16.2. The maximum atomic E-state index is 12.6. The van der Waals surface area contributed by atoms with E-state index in [1.807, 2.05) is 35.7 Å². The van der Waals surface area contributed by atoms with Crippen LogP contribution in [0, 0.1) is 5.92 Å². The number of benzene rings is 1. The highest BCUT2D eigenvalue weighted by Crippen LogP contribution is 2.28. The van der Waals surface area contributed by atoms with Crippen molar-refractivity contribution >= 4 is 28.8 Å². The lowest BCUT2D eigenvalue weighted by Gasteiger charge is -2.21. The zero-order chi connectivity index (χ0) is 19.6. The Morgan fingerprint density at radius 2 is 1.74 bits per heavy atom. The van der Waals surface area contributed by atoms with Crippen LogP contribution in [0.5, 0.6) is 0 Å². The average Bonchev–Trinajstić information content (AvgIpc) is 3.21. The molecule has 27 heavy (non-hydrogen) atoms. The van der Waals surface area contributed by atoms with E-state index in [-0.39, 0.29) is 5.78 Å². The third kappa shape index (κ3) is 6.64. The normalized spacial score (nSPS) is 14.9. The molecule has 6 heteroatoms. The molecule has 1 aromatic carbocycles. The van der Waals surface area contributed by atoms with Crippen LogP contribution >= 0.6 is 11.3 Å². The largest absolute Gasteiger partial charge is 0.481 e. The van der Waals surface area contributed by atoms with Gasteiger partial charge in [0.25, 0.3) is 5.97 Å². The third-order valence-electron chi connectivity index (χ3n) is 4.54. The Balaban J connectivity index is 0.000000596. The molecule has 1 fully saturated rings. The van der Waals surface area contributed by atoms with Crippen LogP contribution in [0.2, 0.25) is 0 Å². The molecule has 5 nitrogen and oxygen atoms in total. The van der Waals surface area contributed by atoms with Crippen molar-refractivity contribution in [3.8, 4) is 10.4 Å². The Bertz CT molecular complexity index is 756. The smallest absolute Gasteiger partial charge is 0.300 e. The molecule has 0 aliphatic heterocycles. The number of carboxylic acids is 1. The number of nitrogens with zero attached hydrogens (tertiary/aromatic N) is 1. The topological polar surface area (TPSA) is 87.0 Å². The molecule has 1 aliphatic carbocycles. The van der Waals surface area contributed by atoms with E-state index in [0.717, 1.165) is 25.3 Å². The van der Waals surface area contributed by atoms with Gasteiger partial charge in [0.2, 0.25) is 5.78 Å². The summed E-state index contributed by atoms with van der Waals surface area (Å²) in [5.41, 5.74) is 1.99. The van der Waals surface area contributed by atoms with Crippen LogP contribution in [-0.2, 0) is 4.79 Å². The Morgan fingerprint density at radius 1 is 1.11 bits per heavy atom. The fourth-order valence-electron chi connectivity index (χ4n) is 3.24. The molecular formula is C21H25NO4S. The summed E-state index contributed by atoms with van der Waals surface area (Å²) in [6, 6.07) is 11.6. The molecule has 144 valence electrons. The first kappa shape index (κ1) is 20.8. The maximum absolute atomic E-state index is 12.6.